The highest BCUT2D eigenvalue weighted by molar-refractivity contribution is 5.39. The second-order valence-corrected chi connectivity index (χ2v) is 4.95. The van der Waals surface area contributed by atoms with Gasteiger partial charge >= 0.3 is 0 Å². The van der Waals surface area contributed by atoms with Crippen LogP contribution >= 0.6 is 0 Å². The molecule has 0 aromatic heterocycles. The molecule has 5 nitrogen and oxygen atoms in total. The van der Waals surface area contributed by atoms with Gasteiger partial charge in [0.25, 0.3) is 0 Å². The molecule has 0 aliphatic heterocycles. The Morgan fingerprint density at radius 1 is 1.30 bits per heavy atom. The molecule has 1 aromatic rings. The van der Waals surface area contributed by atoms with Crippen LogP contribution in [-0.4, -0.2) is 49.9 Å². The molecule has 0 fully saturated rings. The van der Waals surface area contributed by atoms with E-state index in [0.29, 0.717) is 19.0 Å². The van der Waals surface area contributed by atoms with Gasteiger partial charge in [-0.1, -0.05) is 6.07 Å². The smallest absolute Gasteiger partial charge is 0.119 e. The van der Waals surface area contributed by atoms with Gasteiger partial charge in [0.1, 0.15) is 18.5 Å². The first-order chi connectivity index (χ1) is 9.70. The van der Waals surface area contributed by atoms with E-state index >= 15 is 0 Å². The lowest BCUT2D eigenvalue weighted by molar-refractivity contribution is -0.00420. The zero-order valence-electron chi connectivity index (χ0n) is 11.7. The summed E-state index contributed by atoms with van der Waals surface area (Å²) in [5.74, 6) is 0.716. The summed E-state index contributed by atoms with van der Waals surface area (Å²) in [7, 11) is 1.60. The highest BCUT2D eigenvalue weighted by Gasteiger charge is 2.20. The molecule has 112 valence electrons. The topological polar surface area (TPSA) is 68.2 Å². The van der Waals surface area contributed by atoms with E-state index in [2.05, 4.69) is 0 Å². The molecule has 0 radical (unpaired) electrons. The van der Waals surface area contributed by atoms with E-state index in [9.17, 15) is 10.2 Å². The van der Waals surface area contributed by atoms with E-state index in [1.165, 1.54) is 0 Å². The molecule has 1 aliphatic rings. The number of benzene rings is 1. The fourth-order valence-electron chi connectivity index (χ4n) is 2.26. The summed E-state index contributed by atoms with van der Waals surface area (Å²) < 4.78 is 15.6. The van der Waals surface area contributed by atoms with Gasteiger partial charge in [-0.25, -0.2) is 0 Å². The molecule has 0 spiro atoms. The minimum Gasteiger partial charge on any atom is -0.491 e. The molecule has 0 saturated carbocycles. The average Bonchev–Trinajstić information content (AvgIpc) is 2.82. The van der Waals surface area contributed by atoms with Gasteiger partial charge < -0.3 is 24.4 Å². The van der Waals surface area contributed by atoms with Crippen LogP contribution in [-0.2, 0) is 15.9 Å². The van der Waals surface area contributed by atoms with Crippen molar-refractivity contribution in [2.24, 2.45) is 0 Å². The third-order valence-corrected chi connectivity index (χ3v) is 3.34. The second kappa shape index (κ2) is 7.59. The summed E-state index contributed by atoms with van der Waals surface area (Å²) in [6.07, 6.45) is 0.634. The van der Waals surface area contributed by atoms with Crippen LogP contribution in [0.5, 0.6) is 5.75 Å². The number of hydrogen-bond donors (Lipinski definition) is 2. The molecule has 20 heavy (non-hydrogen) atoms. The quantitative estimate of drug-likeness (QED) is 0.698. The highest BCUT2D eigenvalue weighted by Crippen LogP contribution is 2.33. The number of fused-ring (bicyclic) bond motifs is 1. The van der Waals surface area contributed by atoms with Crippen LogP contribution in [0.1, 0.15) is 23.7 Å². The normalized spacial score (nSPS) is 18.9. The van der Waals surface area contributed by atoms with Crippen molar-refractivity contribution in [3.05, 3.63) is 29.3 Å². The molecule has 2 rings (SSSR count). The first-order valence-electron chi connectivity index (χ1n) is 6.89. The number of hydrogen-bond acceptors (Lipinski definition) is 5. The Morgan fingerprint density at radius 3 is 2.95 bits per heavy atom. The Morgan fingerprint density at radius 2 is 2.15 bits per heavy atom. The van der Waals surface area contributed by atoms with Gasteiger partial charge in [0.05, 0.1) is 25.9 Å². The van der Waals surface area contributed by atoms with Crippen LogP contribution in [0.4, 0.5) is 0 Å². The Bertz CT molecular complexity index is 421. The van der Waals surface area contributed by atoms with Crippen LogP contribution in [0.25, 0.3) is 0 Å². The zero-order valence-corrected chi connectivity index (χ0v) is 11.7. The van der Waals surface area contributed by atoms with Gasteiger partial charge in [-0.2, -0.15) is 0 Å². The summed E-state index contributed by atoms with van der Waals surface area (Å²) >= 11 is 0. The molecular weight excluding hydrogens is 260 g/mol. The van der Waals surface area contributed by atoms with Crippen molar-refractivity contribution in [1.29, 1.82) is 0 Å². The third kappa shape index (κ3) is 4.18. The van der Waals surface area contributed by atoms with Gasteiger partial charge in [0.2, 0.25) is 0 Å². The Labute approximate surface area is 119 Å². The molecule has 0 bridgehead atoms. The number of ether oxygens (including phenoxy) is 3. The van der Waals surface area contributed by atoms with Gasteiger partial charge in [-0.05, 0) is 36.1 Å². The predicted molar refractivity (Wildman–Crippen MR) is 73.9 cm³/mol. The monoisotopic (exact) mass is 282 g/mol. The lowest BCUT2D eigenvalue weighted by Gasteiger charge is -2.13. The van der Waals surface area contributed by atoms with Gasteiger partial charge in [-0.3, -0.25) is 0 Å². The molecule has 0 heterocycles. The fraction of sp³-hybridized carbons (Fsp3) is 0.600. The largest absolute Gasteiger partial charge is 0.491 e. The van der Waals surface area contributed by atoms with Crippen LogP contribution in [0, 0.1) is 0 Å². The number of aliphatic hydroxyl groups excluding tert-OH is 2. The number of methoxy groups -OCH3 is 1. The summed E-state index contributed by atoms with van der Waals surface area (Å²) in [6.45, 7) is 1.40. The van der Waals surface area contributed by atoms with Gasteiger partial charge in [0, 0.05) is 7.11 Å². The van der Waals surface area contributed by atoms with E-state index < -0.39 is 6.10 Å². The Balaban J connectivity index is 1.74. The molecule has 5 heteroatoms. The van der Waals surface area contributed by atoms with Crippen LogP contribution in [0.2, 0.25) is 0 Å². The standard InChI is InChI=1S/C15H22O5/c1-18-6-7-19-9-12(16)10-20-13-3-4-14-11(8-13)2-5-15(14)17/h3-4,8,12,15-17H,2,5-7,9-10H2,1H3/t12?,15-/m1/s1. The predicted octanol–water partition coefficient (Wildman–Crippen LogP) is 1.07. The van der Waals surface area contributed by atoms with Crippen molar-refractivity contribution in [1.82, 2.24) is 0 Å². The molecule has 0 saturated heterocycles. The molecule has 1 unspecified atom stereocenters. The van der Waals surface area contributed by atoms with E-state index in [1.807, 2.05) is 18.2 Å². The maximum Gasteiger partial charge on any atom is 0.119 e. The van der Waals surface area contributed by atoms with Crippen molar-refractivity contribution >= 4 is 0 Å². The summed E-state index contributed by atoms with van der Waals surface area (Å²) in [5.41, 5.74) is 2.11. The SMILES string of the molecule is COCCOCC(O)COc1ccc2c(c1)CC[C@H]2O. The molecule has 0 amide bonds. The average molecular weight is 282 g/mol. The first-order valence-corrected chi connectivity index (χ1v) is 6.89. The molecule has 2 N–H and O–H groups in total. The first kappa shape index (κ1) is 15.3. The number of aryl methyl sites for hydroxylation is 1. The van der Waals surface area contributed by atoms with Crippen LogP contribution < -0.4 is 4.74 Å². The maximum atomic E-state index is 9.72. The summed E-state index contributed by atoms with van der Waals surface area (Å²) in [6, 6.07) is 5.65. The van der Waals surface area contributed by atoms with E-state index in [4.69, 9.17) is 14.2 Å². The van der Waals surface area contributed by atoms with Crippen LogP contribution in [0.3, 0.4) is 0 Å². The van der Waals surface area contributed by atoms with Crippen molar-refractivity contribution < 1.29 is 24.4 Å². The van der Waals surface area contributed by atoms with Gasteiger partial charge in [0.15, 0.2) is 0 Å². The number of rotatable bonds is 8. The third-order valence-electron chi connectivity index (χ3n) is 3.34. The second-order valence-electron chi connectivity index (χ2n) is 4.95. The van der Waals surface area contributed by atoms with Crippen molar-refractivity contribution in [2.75, 3.05) is 33.5 Å². The van der Waals surface area contributed by atoms with Crippen molar-refractivity contribution in [2.45, 2.75) is 25.0 Å². The Hall–Kier alpha value is -1.14. The fourth-order valence-corrected chi connectivity index (χ4v) is 2.26. The summed E-state index contributed by atoms with van der Waals surface area (Å²) in [5, 5.41) is 19.4. The molecule has 2 atom stereocenters. The number of aliphatic hydroxyl groups is 2. The zero-order chi connectivity index (χ0) is 14.4. The highest BCUT2D eigenvalue weighted by atomic mass is 16.5. The maximum absolute atomic E-state index is 9.72. The van der Waals surface area contributed by atoms with E-state index in [-0.39, 0.29) is 19.3 Å². The minimum atomic E-state index is -0.661. The van der Waals surface area contributed by atoms with Crippen molar-refractivity contribution in [3.63, 3.8) is 0 Å². The van der Waals surface area contributed by atoms with Gasteiger partial charge in [-0.15, -0.1) is 0 Å². The lowest BCUT2D eigenvalue weighted by atomic mass is 10.1. The van der Waals surface area contributed by atoms with Crippen molar-refractivity contribution in [3.8, 4) is 5.75 Å². The van der Waals surface area contributed by atoms with E-state index in [0.717, 1.165) is 24.0 Å². The summed E-state index contributed by atoms with van der Waals surface area (Å²) in [4.78, 5) is 0. The molecule has 1 aromatic carbocycles. The Kier molecular flexibility index (Phi) is 5.79. The van der Waals surface area contributed by atoms with E-state index in [1.54, 1.807) is 7.11 Å². The lowest BCUT2D eigenvalue weighted by Crippen LogP contribution is -2.24. The molecular formula is C15H22O5. The minimum absolute atomic E-state index is 0.189. The molecule has 1 aliphatic carbocycles. The van der Waals surface area contributed by atoms with Crippen LogP contribution in [0.15, 0.2) is 18.2 Å².